The Hall–Kier alpha value is -3.14. The van der Waals surface area contributed by atoms with Crippen molar-refractivity contribution in [1.82, 2.24) is 18.7 Å². The third-order valence-corrected chi connectivity index (χ3v) is 5.44. The summed E-state index contributed by atoms with van der Waals surface area (Å²) in [5.74, 6) is 0.0213. The second-order valence-electron chi connectivity index (χ2n) is 6.52. The van der Waals surface area contributed by atoms with Gasteiger partial charge in [0.15, 0.2) is 15.9 Å². The topological polar surface area (TPSA) is 112 Å². The monoisotopic (exact) mass is 446 g/mol. The van der Waals surface area contributed by atoms with Gasteiger partial charge in [0.05, 0.1) is 6.54 Å². The van der Waals surface area contributed by atoms with Crippen molar-refractivity contribution in [1.29, 1.82) is 0 Å². The van der Waals surface area contributed by atoms with Crippen LogP contribution in [0.4, 0.5) is 0 Å². The van der Waals surface area contributed by atoms with Crippen LogP contribution in [0.15, 0.2) is 41.7 Å². The highest BCUT2D eigenvalue weighted by Crippen LogP contribution is 2.28. The quantitative estimate of drug-likeness (QED) is 0.367. The molecule has 3 heterocycles. The normalized spacial score (nSPS) is 11.6. The predicted molar refractivity (Wildman–Crippen MR) is 106 cm³/mol. The first-order valence-electron chi connectivity index (χ1n) is 8.27. The van der Waals surface area contributed by atoms with Gasteiger partial charge in [0, 0.05) is 31.1 Å². The SMILES string of the molecule is Cc1c(O)ccc2c(Cn3c(Br)nc4c(=O)n(C)c(=O)n(C)c43)cc(=O)oc12. The van der Waals surface area contributed by atoms with E-state index in [2.05, 4.69) is 20.9 Å². The summed E-state index contributed by atoms with van der Waals surface area (Å²) in [6, 6.07) is 4.52. The third kappa shape index (κ3) is 2.52. The molecule has 0 radical (unpaired) electrons. The number of hydrogen-bond donors (Lipinski definition) is 1. The number of aromatic hydroxyl groups is 1. The molecule has 0 bridgehead atoms. The van der Waals surface area contributed by atoms with Crippen molar-refractivity contribution in [2.45, 2.75) is 13.5 Å². The molecule has 28 heavy (non-hydrogen) atoms. The van der Waals surface area contributed by atoms with Gasteiger partial charge in [-0.1, -0.05) is 0 Å². The number of aromatic nitrogens is 4. The minimum Gasteiger partial charge on any atom is -0.508 e. The lowest BCUT2D eigenvalue weighted by molar-refractivity contribution is 0.468. The molecule has 4 aromatic rings. The molecule has 0 saturated carbocycles. The van der Waals surface area contributed by atoms with E-state index in [-0.39, 0.29) is 23.4 Å². The van der Waals surface area contributed by atoms with Crippen LogP contribution in [-0.2, 0) is 20.6 Å². The zero-order valence-corrected chi connectivity index (χ0v) is 16.8. The predicted octanol–water partition coefficient (Wildman–Crippen LogP) is 1.36. The van der Waals surface area contributed by atoms with Crippen molar-refractivity contribution < 1.29 is 9.52 Å². The Morgan fingerprint density at radius 3 is 2.61 bits per heavy atom. The third-order valence-electron chi connectivity index (χ3n) is 4.84. The first kappa shape index (κ1) is 18.2. The van der Waals surface area contributed by atoms with Gasteiger partial charge in [-0.25, -0.2) is 14.6 Å². The number of imidazole rings is 1. The van der Waals surface area contributed by atoms with Gasteiger partial charge in [-0.15, -0.1) is 0 Å². The summed E-state index contributed by atoms with van der Waals surface area (Å²) in [5, 5.41) is 10.5. The fourth-order valence-corrected chi connectivity index (χ4v) is 3.79. The van der Waals surface area contributed by atoms with Gasteiger partial charge >= 0.3 is 11.3 Å². The van der Waals surface area contributed by atoms with E-state index in [1.165, 1.54) is 23.7 Å². The maximum Gasteiger partial charge on any atom is 0.336 e. The Labute approximate surface area is 165 Å². The Morgan fingerprint density at radius 2 is 1.89 bits per heavy atom. The molecule has 0 spiro atoms. The molecule has 0 amide bonds. The van der Waals surface area contributed by atoms with Gasteiger partial charge in [-0.05, 0) is 40.5 Å². The van der Waals surface area contributed by atoms with Crippen LogP contribution >= 0.6 is 15.9 Å². The molecule has 1 aromatic carbocycles. The number of nitrogens with zero attached hydrogens (tertiary/aromatic N) is 4. The smallest absolute Gasteiger partial charge is 0.336 e. The summed E-state index contributed by atoms with van der Waals surface area (Å²) in [6.45, 7) is 1.81. The molecule has 10 heteroatoms. The van der Waals surface area contributed by atoms with Crippen LogP contribution < -0.4 is 16.9 Å². The van der Waals surface area contributed by atoms with Crippen LogP contribution in [0.25, 0.3) is 22.1 Å². The van der Waals surface area contributed by atoms with Crippen LogP contribution in [0, 0.1) is 6.92 Å². The van der Waals surface area contributed by atoms with Crippen molar-refractivity contribution in [3.63, 3.8) is 0 Å². The zero-order chi connectivity index (χ0) is 20.3. The van der Waals surface area contributed by atoms with Crippen molar-refractivity contribution in [2.24, 2.45) is 14.1 Å². The van der Waals surface area contributed by atoms with Gasteiger partial charge < -0.3 is 9.52 Å². The Kier molecular flexibility index (Phi) is 4.03. The second-order valence-corrected chi connectivity index (χ2v) is 7.23. The number of hydrogen-bond acceptors (Lipinski definition) is 6. The number of phenolic OH excluding ortho intramolecular Hbond substituents is 1. The van der Waals surface area contributed by atoms with Crippen LogP contribution in [-0.4, -0.2) is 23.8 Å². The maximum atomic E-state index is 12.4. The molecule has 4 rings (SSSR count). The first-order valence-corrected chi connectivity index (χ1v) is 9.07. The van der Waals surface area contributed by atoms with Gasteiger partial charge in [0.2, 0.25) is 0 Å². The number of fused-ring (bicyclic) bond motifs is 2. The average molecular weight is 447 g/mol. The molecular formula is C18H15BrN4O5. The van der Waals surface area contributed by atoms with E-state index in [1.54, 1.807) is 24.6 Å². The minimum atomic E-state index is -0.568. The molecule has 144 valence electrons. The summed E-state index contributed by atoms with van der Waals surface area (Å²) in [5.41, 5.74) is 0.249. The molecule has 9 nitrogen and oxygen atoms in total. The van der Waals surface area contributed by atoms with Crippen LogP contribution in [0.2, 0.25) is 0 Å². The lowest BCUT2D eigenvalue weighted by atomic mass is 10.1. The number of phenols is 1. The van der Waals surface area contributed by atoms with Crippen molar-refractivity contribution in [3.05, 3.63) is 65.3 Å². The molecule has 0 saturated heterocycles. The largest absolute Gasteiger partial charge is 0.508 e. The Balaban J connectivity index is 2.04. The van der Waals surface area contributed by atoms with Crippen LogP contribution in [0.5, 0.6) is 5.75 Å². The molecule has 3 aromatic heterocycles. The molecule has 0 fully saturated rings. The lowest BCUT2D eigenvalue weighted by Gasteiger charge is -2.12. The van der Waals surface area contributed by atoms with Crippen LogP contribution in [0.3, 0.4) is 0 Å². The number of aryl methyl sites for hydroxylation is 2. The van der Waals surface area contributed by atoms with Crippen molar-refractivity contribution >= 4 is 38.1 Å². The van der Waals surface area contributed by atoms with Crippen molar-refractivity contribution in [3.8, 4) is 5.75 Å². The zero-order valence-electron chi connectivity index (χ0n) is 15.2. The summed E-state index contributed by atoms with van der Waals surface area (Å²) in [7, 11) is 2.94. The van der Waals surface area contributed by atoms with E-state index >= 15 is 0 Å². The standard InChI is InChI=1S/C18H15BrN4O5/c1-8-11(24)5-4-10-9(6-12(25)28-14(8)10)7-23-15-13(20-17(23)19)16(26)22(3)18(27)21(15)2/h4-6,24H,7H2,1-3H3. The fraction of sp³-hybridized carbons (Fsp3) is 0.222. The summed E-state index contributed by atoms with van der Waals surface area (Å²) >= 11 is 3.34. The van der Waals surface area contributed by atoms with E-state index in [4.69, 9.17) is 4.42 Å². The molecule has 0 atom stereocenters. The maximum absolute atomic E-state index is 12.4. The fourth-order valence-electron chi connectivity index (χ4n) is 3.32. The van der Waals surface area contributed by atoms with Gasteiger partial charge in [0.1, 0.15) is 11.3 Å². The summed E-state index contributed by atoms with van der Waals surface area (Å²) in [4.78, 5) is 41.1. The van der Waals surface area contributed by atoms with Crippen LogP contribution in [0.1, 0.15) is 11.1 Å². The number of rotatable bonds is 2. The molecule has 1 N–H and O–H groups in total. The van der Waals surface area contributed by atoms with E-state index in [1.807, 2.05) is 0 Å². The number of benzene rings is 1. The van der Waals surface area contributed by atoms with E-state index < -0.39 is 16.9 Å². The molecule has 0 aliphatic heterocycles. The van der Waals surface area contributed by atoms with E-state index in [0.717, 1.165) is 4.57 Å². The highest BCUT2D eigenvalue weighted by molar-refractivity contribution is 9.10. The molecule has 0 aliphatic rings. The Morgan fingerprint density at radius 1 is 1.18 bits per heavy atom. The lowest BCUT2D eigenvalue weighted by Crippen LogP contribution is -2.37. The van der Waals surface area contributed by atoms with Crippen molar-refractivity contribution in [2.75, 3.05) is 0 Å². The van der Waals surface area contributed by atoms with E-state index in [0.29, 0.717) is 26.9 Å². The molecule has 0 aliphatic carbocycles. The van der Waals surface area contributed by atoms with Gasteiger partial charge in [-0.2, -0.15) is 0 Å². The Bertz CT molecular complexity index is 1460. The van der Waals surface area contributed by atoms with Gasteiger partial charge in [-0.3, -0.25) is 18.5 Å². The highest BCUT2D eigenvalue weighted by Gasteiger charge is 2.19. The highest BCUT2D eigenvalue weighted by atomic mass is 79.9. The average Bonchev–Trinajstić information content (AvgIpc) is 2.98. The van der Waals surface area contributed by atoms with E-state index in [9.17, 15) is 19.5 Å². The first-order chi connectivity index (χ1) is 13.2. The summed E-state index contributed by atoms with van der Waals surface area (Å²) in [6.07, 6.45) is 0. The molecular weight excluding hydrogens is 432 g/mol. The second kappa shape index (κ2) is 6.20. The minimum absolute atomic E-state index is 0.0213. The van der Waals surface area contributed by atoms with Gasteiger partial charge in [0.25, 0.3) is 5.56 Å². The molecule has 0 unspecified atom stereocenters. The number of halogens is 1. The summed E-state index contributed by atoms with van der Waals surface area (Å²) < 4.78 is 9.57.